The Hall–Kier alpha value is -1.93. The van der Waals surface area contributed by atoms with Crippen LogP contribution in [0.5, 0.6) is 5.75 Å². The molecule has 1 aromatic heterocycles. The third kappa shape index (κ3) is 3.76. The van der Waals surface area contributed by atoms with Gasteiger partial charge in [-0.15, -0.1) is 0 Å². The number of hydrogen-bond donors (Lipinski definition) is 0. The van der Waals surface area contributed by atoms with Gasteiger partial charge in [0.25, 0.3) is 0 Å². The zero-order chi connectivity index (χ0) is 13.5. The molecular formula is C14H15N3OS. The first-order valence-corrected chi connectivity index (χ1v) is 7.02. The maximum Gasteiger partial charge on any atom is 0.167 e. The number of hydrogen-bond acceptors (Lipinski definition) is 4. The highest BCUT2D eigenvalue weighted by Gasteiger charge is 2.02. The van der Waals surface area contributed by atoms with Crippen LogP contribution in [0.3, 0.4) is 0 Å². The summed E-state index contributed by atoms with van der Waals surface area (Å²) in [6.07, 6.45) is 4.64. The van der Waals surface area contributed by atoms with E-state index in [9.17, 15) is 0 Å². The number of aryl methyl sites for hydroxylation is 1. The van der Waals surface area contributed by atoms with Gasteiger partial charge in [-0.05, 0) is 18.6 Å². The van der Waals surface area contributed by atoms with Crippen molar-refractivity contribution in [3.63, 3.8) is 0 Å². The van der Waals surface area contributed by atoms with Crippen molar-refractivity contribution >= 4 is 11.8 Å². The Kier molecular flexibility index (Phi) is 4.87. The summed E-state index contributed by atoms with van der Waals surface area (Å²) in [5.74, 6) is 1.60. The zero-order valence-corrected chi connectivity index (χ0v) is 11.6. The highest BCUT2D eigenvalue weighted by atomic mass is 32.2. The summed E-state index contributed by atoms with van der Waals surface area (Å²) >= 11 is 1.71. The van der Waals surface area contributed by atoms with Crippen molar-refractivity contribution in [2.24, 2.45) is 7.05 Å². The van der Waals surface area contributed by atoms with E-state index in [-0.39, 0.29) is 0 Å². The molecule has 19 heavy (non-hydrogen) atoms. The predicted octanol–water partition coefficient (Wildman–Crippen LogP) is 2.85. The molecule has 0 radical (unpaired) electrons. The molecule has 0 unspecified atom stereocenters. The van der Waals surface area contributed by atoms with Gasteiger partial charge < -0.3 is 9.30 Å². The lowest BCUT2D eigenvalue weighted by Gasteiger charge is -2.07. The maximum atomic E-state index is 8.93. The van der Waals surface area contributed by atoms with Gasteiger partial charge in [0, 0.05) is 25.2 Å². The summed E-state index contributed by atoms with van der Waals surface area (Å²) in [6.45, 7) is 0.607. The van der Waals surface area contributed by atoms with Crippen molar-refractivity contribution in [1.82, 2.24) is 9.55 Å². The van der Waals surface area contributed by atoms with Crippen LogP contribution in [-0.2, 0) is 7.05 Å². The summed E-state index contributed by atoms with van der Waals surface area (Å²) in [5.41, 5.74) is 0.583. The van der Waals surface area contributed by atoms with E-state index >= 15 is 0 Å². The number of nitrogens with zero attached hydrogens (tertiary/aromatic N) is 3. The Morgan fingerprint density at radius 1 is 1.42 bits per heavy atom. The fourth-order valence-corrected chi connectivity index (χ4v) is 2.43. The molecule has 1 aromatic carbocycles. The molecule has 0 aliphatic rings. The van der Waals surface area contributed by atoms with Crippen LogP contribution in [0.15, 0.2) is 41.8 Å². The van der Waals surface area contributed by atoms with Crippen LogP contribution in [0.4, 0.5) is 0 Å². The van der Waals surface area contributed by atoms with Crippen LogP contribution in [0, 0.1) is 11.3 Å². The van der Waals surface area contributed by atoms with E-state index in [0.29, 0.717) is 17.9 Å². The third-order valence-corrected chi connectivity index (χ3v) is 3.71. The van der Waals surface area contributed by atoms with Crippen molar-refractivity contribution in [2.45, 2.75) is 11.6 Å². The molecule has 0 saturated carbocycles. The van der Waals surface area contributed by atoms with Crippen LogP contribution >= 0.6 is 11.8 Å². The summed E-state index contributed by atoms with van der Waals surface area (Å²) in [5, 5.41) is 9.94. The Labute approximate surface area is 117 Å². The molecular weight excluding hydrogens is 258 g/mol. The molecule has 5 heteroatoms. The largest absolute Gasteiger partial charge is 0.492 e. The van der Waals surface area contributed by atoms with E-state index in [4.69, 9.17) is 10.00 Å². The zero-order valence-electron chi connectivity index (χ0n) is 10.7. The van der Waals surface area contributed by atoms with Crippen molar-refractivity contribution in [3.05, 3.63) is 42.2 Å². The predicted molar refractivity (Wildman–Crippen MR) is 75.2 cm³/mol. The minimum Gasteiger partial charge on any atom is -0.492 e. The maximum absolute atomic E-state index is 8.93. The fraction of sp³-hybridized carbons (Fsp3) is 0.286. The summed E-state index contributed by atoms with van der Waals surface area (Å²) in [7, 11) is 1.98. The van der Waals surface area contributed by atoms with Crippen LogP contribution in [0.25, 0.3) is 0 Å². The van der Waals surface area contributed by atoms with Gasteiger partial charge in [0.2, 0.25) is 0 Å². The quantitative estimate of drug-likeness (QED) is 0.600. The van der Waals surface area contributed by atoms with Crippen molar-refractivity contribution in [1.29, 1.82) is 5.26 Å². The van der Waals surface area contributed by atoms with Gasteiger partial charge in [-0.2, -0.15) is 5.26 Å². The number of benzene rings is 1. The van der Waals surface area contributed by atoms with Gasteiger partial charge in [-0.1, -0.05) is 23.9 Å². The highest BCUT2D eigenvalue weighted by Crippen LogP contribution is 2.18. The molecule has 98 valence electrons. The third-order valence-electron chi connectivity index (χ3n) is 2.56. The molecule has 2 aromatic rings. The molecule has 4 nitrogen and oxygen atoms in total. The SMILES string of the molecule is Cn1ccnc1SCCCOc1ccccc1C#N. The lowest BCUT2D eigenvalue weighted by Crippen LogP contribution is -2.00. The number of rotatable bonds is 6. The van der Waals surface area contributed by atoms with E-state index in [0.717, 1.165) is 17.3 Å². The van der Waals surface area contributed by atoms with Crippen LogP contribution in [0.2, 0.25) is 0 Å². The lowest BCUT2D eigenvalue weighted by atomic mass is 10.2. The Bertz CT molecular complexity index is 574. The fourth-order valence-electron chi connectivity index (χ4n) is 1.58. The second-order valence-electron chi connectivity index (χ2n) is 3.98. The van der Waals surface area contributed by atoms with Crippen LogP contribution < -0.4 is 4.74 Å². The number of ether oxygens (including phenoxy) is 1. The van der Waals surface area contributed by atoms with Crippen molar-refractivity contribution < 1.29 is 4.74 Å². The molecule has 0 fully saturated rings. The first kappa shape index (κ1) is 13.5. The van der Waals surface area contributed by atoms with Crippen LogP contribution in [0.1, 0.15) is 12.0 Å². The van der Waals surface area contributed by atoms with E-state index in [1.54, 1.807) is 24.0 Å². The molecule has 0 spiro atoms. The van der Waals surface area contributed by atoms with E-state index in [1.807, 2.05) is 36.0 Å². The number of para-hydroxylation sites is 1. The second-order valence-corrected chi connectivity index (χ2v) is 5.04. The topological polar surface area (TPSA) is 50.8 Å². The van der Waals surface area contributed by atoms with Crippen molar-refractivity contribution in [2.75, 3.05) is 12.4 Å². The van der Waals surface area contributed by atoms with Crippen LogP contribution in [-0.4, -0.2) is 21.9 Å². The molecule has 0 N–H and O–H groups in total. The first-order valence-electron chi connectivity index (χ1n) is 6.03. The summed E-state index contributed by atoms with van der Waals surface area (Å²) < 4.78 is 7.61. The molecule has 0 aliphatic carbocycles. The molecule has 0 bridgehead atoms. The number of thioether (sulfide) groups is 1. The summed E-state index contributed by atoms with van der Waals surface area (Å²) in [4.78, 5) is 4.24. The molecule has 0 atom stereocenters. The Balaban J connectivity index is 1.73. The van der Waals surface area contributed by atoms with Gasteiger partial charge in [0.1, 0.15) is 11.8 Å². The van der Waals surface area contributed by atoms with Gasteiger partial charge in [0.05, 0.1) is 12.2 Å². The minimum atomic E-state index is 0.583. The average Bonchev–Trinajstić information content (AvgIpc) is 2.84. The van der Waals surface area contributed by atoms with Crippen molar-refractivity contribution in [3.8, 4) is 11.8 Å². The number of nitriles is 1. The first-order chi connectivity index (χ1) is 9.31. The number of aromatic nitrogens is 2. The Morgan fingerprint density at radius 3 is 3.00 bits per heavy atom. The van der Waals surface area contributed by atoms with Gasteiger partial charge in [-0.25, -0.2) is 4.98 Å². The highest BCUT2D eigenvalue weighted by molar-refractivity contribution is 7.99. The van der Waals surface area contributed by atoms with E-state index < -0.39 is 0 Å². The smallest absolute Gasteiger partial charge is 0.167 e. The molecule has 1 heterocycles. The lowest BCUT2D eigenvalue weighted by molar-refractivity contribution is 0.318. The van der Waals surface area contributed by atoms with Gasteiger partial charge in [-0.3, -0.25) is 0 Å². The standard InChI is InChI=1S/C14H15N3OS/c1-17-8-7-16-14(17)19-10-4-9-18-13-6-3-2-5-12(13)11-15/h2-3,5-8H,4,9-10H2,1H3. The molecule has 0 saturated heterocycles. The molecule has 0 aliphatic heterocycles. The number of imidazole rings is 1. The Morgan fingerprint density at radius 2 is 2.26 bits per heavy atom. The summed E-state index contributed by atoms with van der Waals surface area (Å²) in [6, 6.07) is 9.42. The van der Waals surface area contributed by atoms with Gasteiger partial charge in [0.15, 0.2) is 5.16 Å². The second kappa shape index (κ2) is 6.86. The average molecular weight is 273 g/mol. The monoisotopic (exact) mass is 273 g/mol. The molecule has 0 amide bonds. The van der Waals surface area contributed by atoms with Gasteiger partial charge >= 0.3 is 0 Å². The normalized spacial score (nSPS) is 10.1. The van der Waals surface area contributed by atoms with E-state index in [1.165, 1.54) is 0 Å². The molecule has 2 rings (SSSR count). The minimum absolute atomic E-state index is 0.583. The van der Waals surface area contributed by atoms with E-state index in [2.05, 4.69) is 11.1 Å².